The molecule has 2 aliphatic heterocycles. The topological polar surface area (TPSA) is 108 Å². The number of likely N-dealkylation sites (tertiary alicyclic amines) is 1. The second kappa shape index (κ2) is 10.5. The number of hydrogen-bond donors (Lipinski definition) is 2. The summed E-state index contributed by atoms with van der Waals surface area (Å²) in [4.78, 5) is 7.25. The van der Waals surface area contributed by atoms with Crippen molar-refractivity contribution in [1.29, 1.82) is 0 Å². The maximum Gasteiger partial charge on any atom is 0.322 e. The van der Waals surface area contributed by atoms with Crippen LogP contribution in [-0.2, 0) is 33.0 Å². The van der Waals surface area contributed by atoms with Crippen LogP contribution in [0.1, 0.15) is 24.0 Å². The summed E-state index contributed by atoms with van der Waals surface area (Å²) in [5.74, 6) is 0.304. The smallest absolute Gasteiger partial charge is 0.299 e. The van der Waals surface area contributed by atoms with Crippen molar-refractivity contribution < 1.29 is 16.8 Å². The van der Waals surface area contributed by atoms with E-state index in [1.165, 1.54) is 6.26 Å². The first-order valence-corrected chi connectivity index (χ1v) is 15.1. The molecular formula is C23H26Cl2N4O4S2. The molecule has 2 N–H and O–H groups in total. The van der Waals surface area contributed by atoms with Gasteiger partial charge in [0, 0.05) is 54.1 Å². The van der Waals surface area contributed by atoms with E-state index in [0.717, 1.165) is 43.6 Å². The van der Waals surface area contributed by atoms with Crippen molar-refractivity contribution in [2.45, 2.75) is 36.7 Å². The Bertz CT molecular complexity index is 1370. The summed E-state index contributed by atoms with van der Waals surface area (Å²) >= 11 is 12.2. The molecule has 0 radical (unpaired) electrons. The van der Waals surface area contributed by atoms with Gasteiger partial charge in [-0.25, -0.2) is 8.42 Å². The van der Waals surface area contributed by atoms with Crippen LogP contribution in [0.25, 0.3) is 0 Å². The summed E-state index contributed by atoms with van der Waals surface area (Å²) in [5, 5.41) is 0.978. The van der Waals surface area contributed by atoms with E-state index >= 15 is 0 Å². The highest BCUT2D eigenvalue weighted by molar-refractivity contribution is 7.90. The molecule has 0 saturated carbocycles. The van der Waals surface area contributed by atoms with Gasteiger partial charge in [0.1, 0.15) is 5.84 Å². The molecule has 2 aromatic carbocycles. The number of nitrogens with one attached hydrogen (secondary N) is 2. The fourth-order valence-corrected chi connectivity index (χ4v) is 6.10. The summed E-state index contributed by atoms with van der Waals surface area (Å²) < 4.78 is 52.9. The second-order valence-electron chi connectivity index (χ2n) is 8.73. The zero-order chi connectivity index (χ0) is 25.2. The minimum atomic E-state index is -3.76. The van der Waals surface area contributed by atoms with Gasteiger partial charge in [-0.15, -0.1) is 0 Å². The molecule has 0 bridgehead atoms. The van der Waals surface area contributed by atoms with E-state index in [9.17, 15) is 16.8 Å². The fourth-order valence-electron chi connectivity index (χ4n) is 4.08. The zero-order valence-corrected chi connectivity index (χ0v) is 22.2. The molecule has 0 spiro atoms. The van der Waals surface area contributed by atoms with Crippen molar-refractivity contribution in [3.63, 3.8) is 0 Å². The molecule has 35 heavy (non-hydrogen) atoms. The Hall–Kier alpha value is -2.11. The van der Waals surface area contributed by atoms with Crippen molar-refractivity contribution in [2.24, 2.45) is 4.99 Å². The van der Waals surface area contributed by atoms with Gasteiger partial charge < -0.3 is 0 Å². The molecule has 1 fully saturated rings. The molecule has 8 nitrogen and oxygen atoms in total. The van der Waals surface area contributed by atoms with E-state index in [-0.39, 0.29) is 6.04 Å². The molecule has 0 atom stereocenters. The lowest BCUT2D eigenvalue weighted by molar-refractivity contribution is 0.206. The minimum absolute atomic E-state index is 0.00807. The largest absolute Gasteiger partial charge is 0.322 e. The number of allylic oxidation sites excluding steroid dienone is 1. The highest BCUT2D eigenvalue weighted by Crippen LogP contribution is 2.24. The number of piperidine rings is 1. The number of rotatable bonds is 6. The molecular weight excluding hydrogens is 531 g/mol. The lowest BCUT2D eigenvalue weighted by Crippen LogP contribution is -2.45. The van der Waals surface area contributed by atoms with E-state index < -0.39 is 20.0 Å². The predicted octanol–water partition coefficient (Wildman–Crippen LogP) is 3.32. The van der Waals surface area contributed by atoms with Gasteiger partial charge in [-0.2, -0.15) is 8.42 Å². The van der Waals surface area contributed by atoms with Crippen molar-refractivity contribution in [1.82, 2.24) is 14.3 Å². The minimum Gasteiger partial charge on any atom is -0.299 e. The molecule has 0 aromatic heterocycles. The van der Waals surface area contributed by atoms with E-state index in [1.54, 1.807) is 36.4 Å². The molecule has 0 aliphatic carbocycles. The van der Waals surface area contributed by atoms with Gasteiger partial charge in [0.25, 0.3) is 0 Å². The SMILES string of the molecule is CS(=O)(=O)c1ccc(CN2CCC(N=C3C=C(Cc4ccc(Cl)cc4Cl)NS(=O)(=O)N3)CC2)cc1. The van der Waals surface area contributed by atoms with Crippen LogP contribution in [0.3, 0.4) is 0 Å². The molecule has 1 saturated heterocycles. The Balaban J connectivity index is 1.39. The van der Waals surface area contributed by atoms with Crippen LogP contribution >= 0.6 is 23.2 Å². The molecule has 0 unspecified atom stereocenters. The third kappa shape index (κ3) is 7.20. The van der Waals surface area contributed by atoms with Gasteiger partial charge in [0.15, 0.2) is 9.84 Å². The molecule has 188 valence electrons. The van der Waals surface area contributed by atoms with E-state index in [0.29, 0.717) is 32.9 Å². The molecule has 12 heteroatoms. The van der Waals surface area contributed by atoms with Crippen LogP contribution in [0, 0.1) is 0 Å². The first-order chi connectivity index (χ1) is 16.5. The summed E-state index contributed by atoms with van der Waals surface area (Å²) in [7, 11) is -6.97. The highest BCUT2D eigenvalue weighted by atomic mass is 35.5. The summed E-state index contributed by atoms with van der Waals surface area (Å²) in [6, 6.07) is 12.0. The van der Waals surface area contributed by atoms with Crippen LogP contribution in [0.15, 0.2) is 64.1 Å². The predicted molar refractivity (Wildman–Crippen MR) is 139 cm³/mol. The monoisotopic (exact) mass is 556 g/mol. The Kier molecular flexibility index (Phi) is 7.77. The van der Waals surface area contributed by atoms with E-state index in [2.05, 4.69) is 19.3 Å². The van der Waals surface area contributed by atoms with Gasteiger partial charge in [0.05, 0.1) is 10.9 Å². The highest BCUT2D eigenvalue weighted by Gasteiger charge is 2.24. The maximum atomic E-state index is 12.3. The van der Waals surface area contributed by atoms with Crippen molar-refractivity contribution in [3.8, 4) is 0 Å². The van der Waals surface area contributed by atoms with E-state index in [1.807, 2.05) is 12.1 Å². The van der Waals surface area contributed by atoms with Gasteiger partial charge in [-0.3, -0.25) is 19.3 Å². The first-order valence-electron chi connectivity index (χ1n) is 11.0. The standard InChI is InChI=1S/C23H26Cl2N4O4S2/c1-34(30,31)21-6-2-16(3-7-21)15-29-10-8-19(9-11-29)26-23-14-20(27-35(32,33)28-23)12-17-4-5-18(24)13-22(17)25/h2-7,13-14,19,27H,8-12,15H2,1H3,(H,26,28). The van der Waals surface area contributed by atoms with Gasteiger partial charge in [0.2, 0.25) is 0 Å². The quantitative estimate of drug-likeness (QED) is 0.567. The Labute approximate surface area is 216 Å². The molecule has 2 heterocycles. The van der Waals surface area contributed by atoms with Crippen molar-refractivity contribution >= 4 is 49.1 Å². The molecule has 0 amide bonds. The number of nitrogens with zero attached hydrogens (tertiary/aromatic N) is 2. The van der Waals surface area contributed by atoms with Crippen LogP contribution in [0.5, 0.6) is 0 Å². The van der Waals surface area contributed by atoms with Gasteiger partial charge in [-0.1, -0.05) is 41.4 Å². The zero-order valence-electron chi connectivity index (χ0n) is 19.0. The van der Waals surface area contributed by atoms with Crippen LogP contribution in [0.2, 0.25) is 10.0 Å². The third-order valence-corrected chi connectivity index (χ3v) is 8.57. The lowest BCUT2D eigenvalue weighted by atomic mass is 10.0. The maximum absolute atomic E-state index is 12.3. The van der Waals surface area contributed by atoms with E-state index in [4.69, 9.17) is 23.2 Å². The first kappa shape index (κ1) is 26.0. The number of halogens is 2. The lowest BCUT2D eigenvalue weighted by Gasteiger charge is -2.31. The number of amidine groups is 1. The number of aliphatic imine (C=N–C) groups is 1. The average molecular weight is 558 g/mol. The Morgan fingerprint density at radius 3 is 2.37 bits per heavy atom. The van der Waals surface area contributed by atoms with Crippen LogP contribution < -0.4 is 9.44 Å². The third-order valence-electron chi connectivity index (χ3n) is 5.85. The summed E-state index contributed by atoms with van der Waals surface area (Å²) in [6.07, 6.45) is 4.76. The van der Waals surface area contributed by atoms with Crippen LogP contribution in [-0.4, -0.2) is 53.0 Å². The van der Waals surface area contributed by atoms with Gasteiger partial charge in [-0.05, 0) is 48.2 Å². The van der Waals surface area contributed by atoms with Crippen molar-refractivity contribution in [3.05, 3.63) is 75.4 Å². The van der Waals surface area contributed by atoms with Crippen molar-refractivity contribution in [2.75, 3.05) is 19.3 Å². The molecule has 4 rings (SSSR count). The number of sulfone groups is 1. The molecule has 2 aliphatic rings. The summed E-state index contributed by atoms with van der Waals surface area (Å²) in [6.45, 7) is 2.32. The fraction of sp³-hybridized carbons (Fsp3) is 0.348. The van der Waals surface area contributed by atoms with Gasteiger partial charge >= 0.3 is 10.2 Å². The Morgan fingerprint density at radius 2 is 1.74 bits per heavy atom. The Morgan fingerprint density at radius 1 is 1.06 bits per heavy atom. The van der Waals surface area contributed by atoms with Crippen LogP contribution in [0.4, 0.5) is 0 Å². The average Bonchev–Trinajstić information content (AvgIpc) is 2.76. The molecule has 2 aromatic rings. The second-order valence-corrected chi connectivity index (χ2v) is 13.0. The number of hydrogen-bond acceptors (Lipinski definition) is 6. The number of benzene rings is 2. The normalized spacial score (nSPS) is 20.2. The summed E-state index contributed by atoms with van der Waals surface area (Å²) in [5.41, 5.74) is 2.27.